The van der Waals surface area contributed by atoms with Crippen LogP contribution in [0.2, 0.25) is 0 Å². The highest BCUT2D eigenvalue weighted by Crippen LogP contribution is 2.18. The summed E-state index contributed by atoms with van der Waals surface area (Å²) in [6.07, 6.45) is 3.62. The van der Waals surface area contributed by atoms with Crippen LogP contribution in [0.4, 0.5) is 4.39 Å². The first-order valence-electron chi connectivity index (χ1n) is 9.19. The van der Waals surface area contributed by atoms with E-state index in [1.807, 2.05) is 0 Å². The lowest BCUT2D eigenvalue weighted by molar-refractivity contribution is -0.126. The molecule has 6 heteroatoms. The zero-order valence-corrected chi connectivity index (χ0v) is 15.0. The number of aromatic amines is 1. The summed E-state index contributed by atoms with van der Waals surface area (Å²) < 4.78 is 13.2. The van der Waals surface area contributed by atoms with Crippen LogP contribution in [0.3, 0.4) is 0 Å². The van der Waals surface area contributed by atoms with Gasteiger partial charge in [0, 0.05) is 25.6 Å². The highest BCUT2D eigenvalue weighted by atomic mass is 19.1. The molecule has 0 radical (unpaired) electrons. The molecule has 1 saturated heterocycles. The minimum Gasteiger partial charge on any atom is -0.356 e. The number of hydrogen-bond acceptors (Lipinski definition) is 3. The summed E-state index contributed by atoms with van der Waals surface area (Å²) in [4.78, 5) is 22.3. The Morgan fingerprint density at radius 1 is 1.48 bits per heavy atom. The van der Waals surface area contributed by atoms with Crippen LogP contribution >= 0.6 is 0 Å². The van der Waals surface area contributed by atoms with Gasteiger partial charge in [-0.1, -0.05) is 0 Å². The number of amides is 1. The Labute approximate surface area is 148 Å². The van der Waals surface area contributed by atoms with Crippen molar-refractivity contribution < 1.29 is 9.18 Å². The number of halogens is 1. The first-order valence-corrected chi connectivity index (χ1v) is 9.19. The predicted octanol–water partition coefficient (Wildman–Crippen LogP) is 2.87. The summed E-state index contributed by atoms with van der Waals surface area (Å²) in [6, 6.07) is 5.04. The highest BCUT2D eigenvalue weighted by Gasteiger charge is 2.26. The van der Waals surface area contributed by atoms with Crippen molar-refractivity contribution >= 4 is 16.9 Å². The second kappa shape index (κ2) is 7.95. The predicted molar refractivity (Wildman–Crippen MR) is 96.8 cm³/mol. The molecule has 1 fully saturated rings. The number of carbonyl (C=O) groups is 1. The average molecular weight is 346 g/mol. The van der Waals surface area contributed by atoms with Gasteiger partial charge in [-0.2, -0.15) is 0 Å². The van der Waals surface area contributed by atoms with E-state index in [9.17, 15) is 9.18 Å². The lowest BCUT2D eigenvalue weighted by atomic mass is 9.96. The van der Waals surface area contributed by atoms with Crippen LogP contribution in [0.25, 0.3) is 11.0 Å². The third-order valence-corrected chi connectivity index (χ3v) is 4.94. The number of H-pyrrole nitrogens is 1. The first-order chi connectivity index (χ1) is 12.0. The molecule has 2 aromatic rings. The standard InChI is InChI=1S/C19H27FN4O/c1-13(2)24-10-4-5-14(12-24)19(25)21-9-3-6-18-22-16-8-7-15(20)11-17(16)23-18/h7-8,11,13-14H,3-6,9-10,12H2,1-2H3,(H,21,25)(H,22,23)/t14-/m0/s1. The SMILES string of the molecule is CC(C)N1CCC[C@H](C(=O)NCCCc2nc3ccc(F)cc3[nH]2)C1. The fourth-order valence-corrected chi connectivity index (χ4v) is 3.45. The van der Waals surface area contributed by atoms with Gasteiger partial charge in [-0.3, -0.25) is 4.79 Å². The Kier molecular flexibility index (Phi) is 5.68. The van der Waals surface area contributed by atoms with E-state index in [1.54, 1.807) is 6.07 Å². The van der Waals surface area contributed by atoms with E-state index in [2.05, 4.69) is 34.0 Å². The average Bonchev–Trinajstić information content (AvgIpc) is 3.00. The summed E-state index contributed by atoms with van der Waals surface area (Å²) in [5, 5.41) is 3.06. The number of fused-ring (bicyclic) bond motifs is 1. The Hall–Kier alpha value is -1.95. The number of aromatic nitrogens is 2. The molecule has 0 spiro atoms. The van der Waals surface area contributed by atoms with Crippen LogP contribution in [0.1, 0.15) is 38.9 Å². The summed E-state index contributed by atoms with van der Waals surface area (Å²) >= 11 is 0. The van der Waals surface area contributed by atoms with E-state index in [4.69, 9.17) is 0 Å². The minimum absolute atomic E-state index is 0.102. The van der Waals surface area contributed by atoms with Crippen LogP contribution in [0, 0.1) is 11.7 Å². The monoisotopic (exact) mass is 346 g/mol. The summed E-state index contributed by atoms with van der Waals surface area (Å²) in [5.74, 6) is 0.832. The molecule has 1 aromatic carbocycles. The molecule has 0 saturated carbocycles. The maximum Gasteiger partial charge on any atom is 0.224 e. The van der Waals surface area contributed by atoms with Crippen molar-refractivity contribution in [3.05, 3.63) is 29.8 Å². The third-order valence-electron chi connectivity index (χ3n) is 4.94. The van der Waals surface area contributed by atoms with Crippen LogP contribution in [0.5, 0.6) is 0 Å². The molecule has 0 bridgehead atoms. The maximum absolute atomic E-state index is 13.2. The molecule has 5 nitrogen and oxygen atoms in total. The van der Waals surface area contributed by atoms with Gasteiger partial charge in [-0.25, -0.2) is 9.37 Å². The van der Waals surface area contributed by atoms with Crippen molar-refractivity contribution in [3.8, 4) is 0 Å². The van der Waals surface area contributed by atoms with Crippen molar-refractivity contribution in [3.63, 3.8) is 0 Å². The van der Waals surface area contributed by atoms with Crippen molar-refractivity contribution in [1.82, 2.24) is 20.2 Å². The molecule has 1 aliphatic heterocycles. The lowest BCUT2D eigenvalue weighted by Crippen LogP contribution is -2.45. The quantitative estimate of drug-likeness (QED) is 0.791. The number of aryl methyl sites for hydroxylation is 1. The van der Waals surface area contributed by atoms with Gasteiger partial charge < -0.3 is 15.2 Å². The number of piperidine rings is 1. The summed E-state index contributed by atoms with van der Waals surface area (Å²) in [7, 11) is 0. The van der Waals surface area contributed by atoms with E-state index >= 15 is 0 Å². The number of carbonyl (C=O) groups excluding carboxylic acids is 1. The smallest absolute Gasteiger partial charge is 0.224 e. The minimum atomic E-state index is -0.266. The molecule has 0 unspecified atom stereocenters. The second-order valence-corrected chi connectivity index (χ2v) is 7.17. The Morgan fingerprint density at radius 3 is 3.12 bits per heavy atom. The van der Waals surface area contributed by atoms with E-state index in [0.29, 0.717) is 12.6 Å². The molecule has 2 heterocycles. The second-order valence-electron chi connectivity index (χ2n) is 7.17. The van der Waals surface area contributed by atoms with Gasteiger partial charge in [0.05, 0.1) is 17.0 Å². The van der Waals surface area contributed by atoms with Crippen molar-refractivity contribution in [2.75, 3.05) is 19.6 Å². The van der Waals surface area contributed by atoms with Crippen LogP contribution < -0.4 is 5.32 Å². The van der Waals surface area contributed by atoms with E-state index in [1.165, 1.54) is 12.1 Å². The van der Waals surface area contributed by atoms with Gasteiger partial charge in [0.25, 0.3) is 0 Å². The van der Waals surface area contributed by atoms with Gasteiger partial charge in [0.1, 0.15) is 11.6 Å². The Morgan fingerprint density at radius 2 is 2.32 bits per heavy atom. The fourth-order valence-electron chi connectivity index (χ4n) is 3.45. The molecule has 0 aliphatic carbocycles. The Bertz CT molecular complexity index is 727. The van der Waals surface area contributed by atoms with Crippen molar-refractivity contribution in [2.45, 2.75) is 45.6 Å². The Balaban J connectivity index is 1.43. The van der Waals surface area contributed by atoms with Crippen molar-refractivity contribution in [1.29, 1.82) is 0 Å². The molecule has 2 N–H and O–H groups in total. The van der Waals surface area contributed by atoms with E-state index in [0.717, 1.165) is 55.6 Å². The summed E-state index contributed by atoms with van der Waals surface area (Å²) in [6.45, 7) is 6.95. The number of nitrogens with one attached hydrogen (secondary N) is 2. The van der Waals surface area contributed by atoms with Crippen LogP contribution in [0.15, 0.2) is 18.2 Å². The molecule has 1 atom stereocenters. The van der Waals surface area contributed by atoms with Gasteiger partial charge >= 0.3 is 0 Å². The van der Waals surface area contributed by atoms with Crippen LogP contribution in [-0.4, -0.2) is 46.5 Å². The highest BCUT2D eigenvalue weighted by molar-refractivity contribution is 5.79. The number of rotatable bonds is 6. The lowest BCUT2D eigenvalue weighted by Gasteiger charge is -2.34. The molecule has 25 heavy (non-hydrogen) atoms. The van der Waals surface area contributed by atoms with E-state index in [-0.39, 0.29) is 17.6 Å². The zero-order chi connectivity index (χ0) is 17.8. The largest absolute Gasteiger partial charge is 0.356 e. The molecule has 1 aliphatic rings. The topological polar surface area (TPSA) is 61.0 Å². The number of benzene rings is 1. The maximum atomic E-state index is 13.2. The molecule has 1 amide bonds. The van der Waals surface area contributed by atoms with Crippen molar-refractivity contribution in [2.24, 2.45) is 5.92 Å². The molecule has 136 valence electrons. The number of likely N-dealkylation sites (tertiary alicyclic amines) is 1. The third kappa shape index (κ3) is 4.57. The molecule has 1 aromatic heterocycles. The van der Waals surface area contributed by atoms with Gasteiger partial charge in [0.15, 0.2) is 0 Å². The zero-order valence-electron chi connectivity index (χ0n) is 15.0. The number of nitrogens with zero attached hydrogens (tertiary/aromatic N) is 2. The number of imidazole rings is 1. The van der Waals surface area contributed by atoms with Gasteiger partial charge in [0.2, 0.25) is 5.91 Å². The van der Waals surface area contributed by atoms with Gasteiger partial charge in [-0.05, 0) is 57.9 Å². The van der Waals surface area contributed by atoms with Gasteiger partial charge in [-0.15, -0.1) is 0 Å². The normalized spacial score (nSPS) is 18.8. The van der Waals surface area contributed by atoms with E-state index < -0.39 is 0 Å². The molecular formula is C19H27FN4O. The van der Waals surface area contributed by atoms with Crippen LogP contribution in [-0.2, 0) is 11.2 Å². The first kappa shape index (κ1) is 17.9. The molecule has 3 rings (SSSR count). The summed E-state index contributed by atoms with van der Waals surface area (Å²) in [5.41, 5.74) is 1.49. The molecular weight excluding hydrogens is 319 g/mol. The number of hydrogen-bond donors (Lipinski definition) is 2. The fraction of sp³-hybridized carbons (Fsp3) is 0.579.